The summed E-state index contributed by atoms with van der Waals surface area (Å²) in [4.78, 5) is 8.19. The summed E-state index contributed by atoms with van der Waals surface area (Å²) in [6.07, 6.45) is 2.58. The van der Waals surface area contributed by atoms with Crippen LogP contribution in [0.1, 0.15) is 0 Å². The van der Waals surface area contributed by atoms with Crippen LogP contribution in [0.25, 0.3) is 0 Å². The van der Waals surface area contributed by atoms with Crippen LogP contribution in [0.4, 0.5) is 0 Å². The maximum Gasteiger partial charge on any atom is 0.267 e. The van der Waals surface area contributed by atoms with E-state index in [1.165, 1.54) is 32.6 Å². The molecule has 5 nitrogen and oxygen atoms in total. The maximum atomic E-state index is 11.7. The Morgan fingerprint density at radius 1 is 1.57 bits per heavy atom. The van der Waals surface area contributed by atoms with E-state index in [-0.39, 0.29) is 9.92 Å². The Balaban J connectivity index is 3.24. The number of halogens is 1. The van der Waals surface area contributed by atoms with Crippen LogP contribution < -0.4 is 0 Å². The Labute approximate surface area is 87.3 Å². The standard InChI is InChI=1S/C7H9ClN2O3S/c1-10(13-2)14(11,12)7-5-9-4-3-6(7)8/h3-5H,1-2H3. The lowest BCUT2D eigenvalue weighted by atomic mass is 10.5. The van der Waals surface area contributed by atoms with E-state index in [4.69, 9.17) is 11.6 Å². The zero-order valence-electron chi connectivity index (χ0n) is 7.64. The highest BCUT2D eigenvalue weighted by molar-refractivity contribution is 7.89. The van der Waals surface area contributed by atoms with Crippen molar-refractivity contribution in [1.82, 2.24) is 9.45 Å². The summed E-state index contributed by atoms with van der Waals surface area (Å²) < 4.78 is 24.0. The molecule has 0 atom stereocenters. The molecule has 1 aromatic rings. The van der Waals surface area contributed by atoms with Crippen molar-refractivity contribution < 1.29 is 13.3 Å². The summed E-state index contributed by atoms with van der Waals surface area (Å²) >= 11 is 5.71. The van der Waals surface area contributed by atoms with Crippen LogP contribution >= 0.6 is 11.6 Å². The predicted octanol–water partition coefficient (Wildman–Crippen LogP) is 0.917. The first-order chi connectivity index (χ1) is 6.50. The second kappa shape index (κ2) is 4.22. The maximum absolute atomic E-state index is 11.7. The van der Waals surface area contributed by atoms with Gasteiger partial charge in [-0.15, -0.1) is 0 Å². The van der Waals surface area contributed by atoms with Crippen molar-refractivity contribution in [2.45, 2.75) is 4.90 Å². The normalized spacial score (nSPS) is 12.0. The third kappa shape index (κ3) is 2.03. The predicted molar refractivity (Wildman–Crippen MR) is 51.2 cm³/mol. The van der Waals surface area contributed by atoms with Crippen LogP contribution in [-0.2, 0) is 14.9 Å². The topological polar surface area (TPSA) is 59.5 Å². The van der Waals surface area contributed by atoms with Gasteiger partial charge in [0.15, 0.2) is 0 Å². The number of hydroxylamine groups is 1. The quantitative estimate of drug-likeness (QED) is 0.733. The molecule has 0 radical (unpaired) electrons. The molecular formula is C7H9ClN2O3S. The Morgan fingerprint density at radius 2 is 2.21 bits per heavy atom. The molecule has 0 aliphatic heterocycles. The molecule has 0 N–H and O–H groups in total. The fourth-order valence-electron chi connectivity index (χ4n) is 0.789. The van der Waals surface area contributed by atoms with Gasteiger partial charge in [-0.2, -0.15) is 0 Å². The number of sulfonamides is 1. The highest BCUT2D eigenvalue weighted by atomic mass is 35.5. The van der Waals surface area contributed by atoms with Gasteiger partial charge >= 0.3 is 0 Å². The summed E-state index contributed by atoms with van der Waals surface area (Å²) in [5, 5.41) is 0.115. The number of hydrogen-bond acceptors (Lipinski definition) is 4. The van der Waals surface area contributed by atoms with Gasteiger partial charge in [0.05, 0.1) is 12.1 Å². The summed E-state index contributed by atoms with van der Waals surface area (Å²) in [6, 6.07) is 1.40. The largest absolute Gasteiger partial charge is 0.288 e. The van der Waals surface area contributed by atoms with Crippen LogP contribution in [0.5, 0.6) is 0 Å². The fraction of sp³-hybridized carbons (Fsp3) is 0.286. The molecule has 1 heterocycles. The lowest BCUT2D eigenvalue weighted by Crippen LogP contribution is -2.26. The Kier molecular flexibility index (Phi) is 3.43. The number of aromatic nitrogens is 1. The van der Waals surface area contributed by atoms with Crippen molar-refractivity contribution in [3.05, 3.63) is 23.5 Å². The summed E-state index contributed by atoms with van der Waals surface area (Å²) in [6.45, 7) is 0. The first-order valence-electron chi connectivity index (χ1n) is 3.62. The SMILES string of the molecule is CON(C)S(=O)(=O)c1cnccc1Cl. The van der Waals surface area contributed by atoms with Gasteiger partial charge in [-0.05, 0) is 6.07 Å². The van der Waals surface area contributed by atoms with Gasteiger partial charge in [0.1, 0.15) is 4.90 Å². The van der Waals surface area contributed by atoms with E-state index in [0.29, 0.717) is 0 Å². The number of rotatable bonds is 3. The molecule has 0 aromatic carbocycles. The summed E-state index contributed by atoms with van der Waals surface area (Å²) in [7, 11) is -1.17. The van der Waals surface area contributed by atoms with Gasteiger partial charge in [0.25, 0.3) is 10.0 Å². The second-order valence-electron chi connectivity index (χ2n) is 2.40. The molecule has 0 fully saturated rings. The monoisotopic (exact) mass is 236 g/mol. The first-order valence-corrected chi connectivity index (χ1v) is 5.44. The van der Waals surface area contributed by atoms with E-state index in [9.17, 15) is 8.42 Å². The van der Waals surface area contributed by atoms with E-state index < -0.39 is 10.0 Å². The van der Waals surface area contributed by atoms with Crippen molar-refractivity contribution >= 4 is 21.6 Å². The number of nitrogens with zero attached hydrogens (tertiary/aromatic N) is 2. The second-order valence-corrected chi connectivity index (χ2v) is 4.71. The van der Waals surface area contributed by atoms with Crippen LogP contribution in [0, 0.1) is 0 Å². The third-order valence-electron chi connectivity index (χ3n) is 1.61. The minimum absolute atomic E-state index is 0.0778. The molecule has 0 bridgehead atoms. The van der Waals surface area contributed by atoms with E-state index in [2.05, 4.69) is 9.82 Å². The minimum atomic E-state index is -3.70. The van der Waals surface area contributed by atoms with Crippen LogP contribution in [0.15, 0.2) is 23.4 Å². The molecular weight excluding hydrogens is 228 g/mol. The highest BCUT2D eigenvalue weighted by Crippen LogP contribution is 2.21. The molecule has 0 unspecified atom stereocenters. The van der Waals surface area contributed by atoms with Crippen molar-refractivity contribution in [3.8, 4) is 0 Å². The number of pyridine rings is 1. The molecule has 78 valence electrons. The van der Waals surface area contributed by atoms with E-state index in [1.807, 2.05) is 0 Å². The molecule has 1 aromatic heterocycles. The lowest BCUT2D eigenvalue weighted by Gasteiger charge is -2.14. The van der Waals surface area contributed by atoms with Gasteiger partial charge in [0, 0.05) is 19.4 Å². The van der Waals surface area contributed by atoms with Gasteiger partial charge in [-0.1, -0.05) is 16.1 Å². The van der Waals surface area contributed by atoms with Gasteiger partial charge in [-0.25, -0.2) is 8.42 Å². The Hall–Kier alpha value is -0.690. The molecule has 14 heavy (non-hydrogen) atoms. The van der Waals surface area contributed by atoms with Crippen LogP contribution in [0.3, 0.4) is 0 Å². The zero-order chi connectivity index (χ0) is 10.8. The molecule has 1 rings (SSSR count). The number of hydrogen-bond donors (Lipinski definition) is 0. The van der Waals surface area contributed by atoms with Gasteiger partial charge < -0.3 is 0 Å². The van der Waals surface area contributed by atoms with Crippen molar-refractivity contribution in [1.29, 1.82) is 0 Å². The first kappa shape index (κ1) is 11.4. The average Bonchev–Trinajstić information content (AvgIpc) is 2.17. The van der Waals surface area contributed by atoms with Crippen molar-refractivity contribution in [2.75, 3.05) is 14.2 Å². The molecule has 0 saturated heterocycles. The fourth-order valence-corrected chi connectivity index (χ4v) is 2.17. The summed E-state index contributed by atoms with van der Waals surface area (Å²) in [5.41, 5.74) is 0. The van der Waals surface area contributed by atoms with Gasteiger partial charge in [0.2, 0.25) is 0 Å². The molecule has 0 saturated carbocycles. The Morgan fingerprint density at radius 3 is 2.71 bits per heavy atom. The Bertz CT molecular complexity index is 421. The minimum Gasteiger partial charge on any atom is -0.288 e. The molecule has 0 spiro atoms. The third-order valence-corrected chi connectivity index (χ3v) is 3.76. The van der Waals surface area contributed by atoms with Crippen LogP contribution in [-0.4, -0.2) is 32.0 Å². The van der Waals surface area contributed by atoms with Crippen molar-refractivity contribution in [2.24, 2.45) is 0 Å². The van der Waals surface area contributed by atoms with Gasteiger partial charge in [-0.3, -0.25) is 9.82 Å². The van der Waals surface area contributed by atoms with E-state index in [1.54, 1.807) is 0 Å². The van der Waals surface area contributed by atoms with E-state index in [0.717, 1.165) is 4.47 Å². The lowest BCUT2D eigenvalue weighted by molar-refractivity contribution is -0.0258. The smallest absolute Gasteiger partial charge is 0.267 e. The zero-order valence-corrected chi connectivity index (χ0v) is 9.21. The summed E-state index contributed by atoms with van der Waals surface area (Å²) in [5.74, 6) is 0. The molecule has 0 aliphatic rings. The van der Waals surface area contributed by atoms with E-state index >= 15 is 0 Å². The van der Waals surface area contributed by atoms with Crippen molar-refractivity contribution in [3.63, 3.8) is 0 Å². The highest BCUT2D eigenvalue weighted by Gasteiger charge is 2.23. The average molecular weight is 237 g/mol. The molecule has 0 amide bonds. The molecule has 0 aliphatic carbocycles. The van der Waals surface area contributed by atoms with Crippen LogP contribution in [0.2, 0.25) is 5.02 Å². The molecule has 7 heteroatoms.